The Balaban J connectivity index is 1.81. The third kappa shape index (κ3) is 3.49. The van der Waals surface area contributed by atoms with Crippen LogP contribution in [-0.4, -0.2) is 29.0 Å². The van der Waals surface area contributed by atoms with Gasteiger partial charge in [0.25, 0.3) is 0 Å². The first-order valence-corrected chi connectivity index (χ1v) is 6.01. The molecule has 1 amide bonds. The van der Waals surface area contributed by atoms with Gasteiger partial charge in [-0.05, 0) is 26.3 Å². The highest BCUT2D eigenvalue weighted by atomic mass is 16.1. The Morgan fingerprint density at radius 2 is 2.41 bits per heavy atom. The van der Waals surface area contributed by atoms with E-state index in [-0.39, 0.29) is 11.8 Å². The predicted molar refractivity (Wildman–Crippen MR) is 64.2 cm³/mol. The molecule has 5 nitrogen and oxygen atoms in total. The van der Waals surface area contributed by atoms with E-state index in [1.165, 1.54) is 0 Å². The number of nitrogens with one attached hydrogen (secondary N) is 2. The summed E-state index contributed by atoms with van der Waals surface area (Å²) in [4.78, 5) is 20.2. The van der Waals surface area contributed by atoms with Crippen molar-refractivity contribution >= 4 is 5.91 Å². The molecule has 1 aromatic rings. The molecule has 2 heterocycles. The van der Waals surface area contributed by atoms with Gasteiger partial charge >= 0.3 is 0 Å². The van der Waals surface area contributed by atoms with Crippen molar-refractivity contribution in [3.63, 3.8) is 0 Å². The molecular formula is C12H18N4O. The fourth-order valence-electron chi connectivity index (χ4n) is 1.91. The average molecular weight is 234 g/mol. The van der Waals surface area contributed by atoms with Gasteiger partial charge in [-0.2, -0.15) is 0 Å². The van der Waals surface area contributed by atoms with Gasteiger partial charge in [-0.25, -0.2) is 0 Å². The number of carbonyl (C=O) groups is 1. The molecule has 2 N–H and O–H groups in total. The molecule has 0 bridgehead atoms. The second-order valence-corrected chi connectivity index (χ2v) is 4.41. The molecular weight excluding hydrogens is 216 g/mol. The predicted octanol–water partition coefficient (Wildman–Crippen LogP) is 0.401. The smallest absolute Gasteiger partial charge is 0.224 e. The molecule has 0 aliphatic carbocycles. The minimum atomic E-state index is 0.0992. The molecule has 2 rings (SSSR count). The number of rotatable bonds is 3. The number of nitrogens with zero attached hydrogens (tertiary/aromatic N) is 2. The topological polar surface area (TPSA) is 66.9 Å². The normalized spacial score (nSPS) is 19.9. The van der Waals surface area contributed by atoms with Gasteiger partial charge in [0.2, 0.25) is 5.91 Å². The summed E-state index contributed by atoms with van der Waals surface area (Å²) in [7, 11) is 0. The summed E-state index contributed by atoms with van der Waals surface area (Å²) in [6, 6.07) is 0. The van der Waals surface area contributed by atoms with E-state index in [4.69, 9.17) is 0 Å². The van der Waals surface area contributed by atoms with Crippen LogP contribution >= 0.6 is 0 Å². The highest BCUT2D eigenvalue weighted by molar-refractivity contribution is 5.78. The Kier molecular flexibility index (Phi) is 4.03. The summed E-state index contributed by atoms with van der Waals surface area (Å²) < 4.78 is 0. The minimum absolute atomic E-state index is 0.0992. The van der Waals surface area contributed by atoms with Gasteiger partial charge in [0.1, 0.15) is 0 Å². The summed E-state index contributed by atoms with van der Waals surface area (Å²) in [5.41, 5.74) is 1.68. The number of aryl methyl sites for hydroxylation is 1. The van der Waals surface area contributed by atoms with Gasteiger partial charge in [-0.1, -0.05) is 0 Å². The molecule has 1 atom stereocenters. The first-order valence-electron chi connectivity index (χ1n) is 6.01. The van der Waals surface area contributed by atoms with E-state index < -0.39 is 0 Å². The summed E-state index contributed by atoms with van der Waals surface area (Å²) in [6.45, 7) is 4.16. The molecule has 1 fully saturated rings. The molecule has 92 valence electrons. The Hall–Kier alpha value is -1.49. The quantitative estimate of drug-likeness (QED) is 0.794. The van der Waals surface area contributed by atoms with Crippen molar-refractivity contribution in [3.05, 3.63) is 23.8 Å². The van der Waals surface area contributed by atoms with Crippen molar-refractivity contribution in [3.8, 4) is 0 Å². The highest BCUT2D eigenvalue weighted by Gasteiger charge is 2.20. The van der Waals surface area contributed by atoms with E-state index in [9.17, 15) is 4.79 Å². The molecule has 0 spiro atoms. The molecule has 1 aromatic heterocycles. The lowest BCUT2D eigenvalue weighted by Gasteiger charge is -2.21. The Labute approximate surface area is 101 Å². The van der Waals surface area contributed by atoms with E-state index in [0.29, 0.717) is 6.54 Å². The van der Waals surface area contributed by atoms with Gasteiger partial charge in [0.05, 0.1) is 30.0 Å². The zero-order chi connectivity index (χ0) is 12.1. The Morgan fingerprint density at radius 3 is 3.06 bits per heavy atom. The van der Waals surface area contributed by atoms with Gasteiger partial charge in [-0.15, -0.1) is 0 Å². The maximum atomic E-state index is 11.8. The maximum absolute atomic E-state index is 11.8. The van der Waals surface area contributed by atoms with Gasteiger partial charge in [0, 0.05) is 12.7 Å². The number of carbonyl (C=O) groups excluding carboxylic acids is 1. The standard InChI is InChI=1S/C12H18N4O/c1-9-5-15-11(7-14-9)8-16-12(17)10-3-2-4-13-6-10/h5,7,10,13H,2-4,6,8H2,1H3,(H,16,17)/t10-/m0/s1. The third-order valence-electron chi connectivity index (χ3n) is 2.95. The van der Waals surface area contributed by atoms with Crippen molar-refractivity contribution in [2.75, 3.05) is 13.1 Å². The Bertz CT molecular complexity index is 371. The molecule has 0 radical (unpaired) electrons. The van der Waals surface area contributed by atoms with Crippen LogP contribution in [0.2, 0.25) is 0 Å². The van der Waals surface area contributed by atoms with Crippen LogP contribution in [0.25, 0.3) is 0 Å². The van der Waals surface area contributed by atoms with Crippen LogP contribution in [0, 0.1) is 12.8 Å². The second kappa shape index (κ2) is 5.72. The van der Waals surface area contributed by atoms with Gasteiger partial charge in [-0.3, -0.25) is 14.8 Å². The van der Waals surface area contributed by atoms with E-state index in [1.54, 1.807) is 12.4 Å². The lowest BCUT2D eigenvalue weighted by molar-refractivity contribution is -0.125. The lowest BCUT2D eigenvalue weighted by Crippen LogP contribution is -2.40. The first-order chi connectivity index (χ1) is 8.25. The van der Waals surface area contributed by atoms with Crippen molar-refractivity contribution < 1.29 is 4.79 Å². The van der Waals surface area contributed by atoms with E-state index in [1.807, 2.05) is 6.92 Å². The van der Waals surface area contributed by atoms with E-state index >= 15 is 0 Å². The number of hydrogen-bond donors (Lipinski definition) is 2. The monoisotopic (exact) mass is 234 g/mol. The first kappa shape index (κ1) is 12.0. The molecule has 0 aromatic carbocycles. The third-order valence-corrected chi connectivity index (χ3v) is 2.95. The summed E-state index contributed by atoms with van der Waals surface area (Å²) in [5.74, 6) is 0.210. The van der Waals surface area contributed by atoms with Crippen LogP contribution in [0.5, 0.6) is 0 Å². The summed E-state index contributed by atoms with van der Waals surface area (Å²) in [6.07, 6.45) is 5.46. The van der Waals surface area contributed by atoms with Crippen LogP contribution < -0.4 is 10.6 Å². The number of piperidine rings is 1. The average Bonchev–Trinajstić information content (AvgIpc) is 2.39. The molecule has 1 saturated heterocycles. The van der Waals surface area contributed by atoms with Crippen LogP contribution in [0.15, 0.2) is 12.4 Å². The Morgan fingerprint density at radius 1 is 1.53 bits per heavy atom. The SMILES string of the molecule is Cc1cnc(CNC(=O)[C@H]2CCCNC2)cn1. The second-order valence-electron chi connectivity index (χ2n) is 4.41. The highest BCUT2D eigenvalue weighted by Crippen LogP contribution is 2.09. The largest absolute Gasteiger partial charge is 0.350 e. The van der Waals surface area contributed by atoms with E-state index in [0.717, 1.165) is 37.3 Å². The molecule has 5 heteroatoms. The number of aromatic nitrogens is 2. The van der Waals surface area contributed by atoms with Crippen molar-refractivity contribution in [1.82, 2.24) is 20.6 Å². The van der Waals surface area contributed by atoms with Crippen LogP contribution in [0.3, 0.4) is 0 Å². The fraction of sp³-hybridized carbons (Fsp3) is 0.583. The minimum Gasteiger partial charge on any atom is -0.350 e. The zero-order valence-corrected chi connectivity index (χ0v) is 10.1. The molecule has 1 aliphatic rings. The fourth-order valence-corrected chi connectivity index (χ4v) is 1.91. The van der Waals surface area contributed by atoms with Crippen LogP contribution in [-0.2, 0) is 11.3 Å². The van der Waals surface area contributed by atoms with Crippen molar-refractivity contribution in [2.45, 2.75) is 26.3 Å². The zero-order valence-electron chi connectivity index (χ0n) is 10.1. The van der Waals surface area contributed by atoms with Gasteiger partial charge in [0.15, 0.2) is 0 Å². The lowest BCUT2D eigenvalue weighted by atomic mass is 9.99. The molecule has 0 saturated carbocycles. The van der Waals surface area contributed by atoms with Crippen LogP contribution in [0.1, 0.15) is 24.2 Å². The number of amides is 1. The molecule has 0 unspecified atom stereocenters. The summed E-state index contributed by atoms with van der Waals surface area (Å²) >= 11 is 0. The molecule has 1 aliphatic heterocycles. The van der Waals surface area contributed by atoms with Gasteiger partial charge < -0.3 is 10.6 Å². The summed E-state index contributed by atoms with van der Waals surface area (Å²) in [5, 5.41) is 6.14. The number of hydrogen-bond acceptors (Lipinski definition) is 4. The van der Waals surface area contributed by atoms with Crippen molar-refractivity contribution in [2.24, 2.45) is 5.92 Å². The molecule has 17 heavy (non-hydrogen) atoms. The van der Waals surface area contributed by atoms with E-state index in [2.05, 4.69) is 20.6 Å². The maximum Gasteiger partial charge on any atom is 0.224 e. The van der Waals surface area contributed by atoms with Crippen LogP contribution in [0.4, 0.5) is 0 Å². The van der Waals surface area contributed by atoms with Crippen molar-refractivity contribution in [1.29, 1.82) is 0 Å².